The lowest BCUT2D eigenvalue weighted by Crippen LogP contribution is -2.54. The summed E-state index contributed by atoms with van der Waals surface area (Å²) in [6.07, 6.45) is 7.95. The highest BCUT2D eigenvalue weighted by Gasteiger charge is 2.52. The first-order valence-electron chi connectivity index (χ1n) is 13.4. The van der Waals surface area contributed by atoms with E-state index in [0.29, 0.717) is 30.8 Å². The standard InChI is InChI=1S/C28H36FN5O3/c1-26(2,29)24-32-23(33-37-24)28-13-10-27(11-14-28,12-15-28)18-34(21-5-3-4-19(16-21)17-30)25(36)31-20-6-8-22(35)9-7-20/h3-5,16,20,22,35H,6-15,18H2,1-2H3,(H,31,36). The molecule has 198 valence electrons. The number of nitrogens with zero attached hydrogens (tertiary/aromatic N) is 4. The van der Waals surface area contributed by atoms with Crippen LogP contribution in [-0.4, -0.2) is 40.0 Å². The van der Waals surface area contributed by atoms with Gasteiger partial charge in [0.05, 0.1) is 17.7 Å². The number of fused-ring (bicyclic) bond motifs is 3. The number of halogens is 1. The zero-order chi connectivity index (χ0) is 26.3. The summed E-state index contributed by atoms with van der Waals surface area (Å²) in [6, 6.07) is 9.28. The molecule has 2 amide bonds. The molecule has 1 aromatic heterocycles. The van der Waals surface area contributed by atoms with Crippen LogP contribution in [0, 0.1) is 16.7 Å². The Balaban J connectivity index is 1.34. The summed E-state index contributed by atoms with van der Waals surface area (Å²) in [5, 5.41) is 26.7. The van der Waals surface area contributed by atoms with Crippen LogP contribution in [0.25, 0.3) is 0 Å². The molecule has 1 heterocycles. The number of anilines is 1. The first-order valence-corrected chi connectivity index (χ1v) is 13.4. The number of hydrogen-bond acceptors (Lipinski definition) is 6. The number of aliphatic hydroxyl groups excluding tert-OH is 1. The number of nitriles is 1. The minimum atomic E-state index is -1.67. The Kier molecular flexibility index (Phi) is 6.73. The number of aromatic nitrogens is 2. The fourth-order valence-electron chi connectivity index (χ4n) is 6.35. The zero-order valence-corrected chi connectivity index (χ0v) is 21.7. The number of alkyl halides is 1. The minimum Gasteiger partial charge on any atom is -0.393 e. The van der Waals surface area contributed by atoms with Crippen LogP contribution in [0.15, 0.2) is 28.8 Å². The van der Waals surface area contributed by atoms with Crippen LogP contribution in [-0.2, 0) is 11.1 Å². The van der Waals surface area contributed by atoms with E-state index in [2.05, 4.69) is 21.5 Å². The van der Waals surface area contributed by atoms with E-state index in [9.17, 15) is 19.6 Å². The number of urea groups is 1. The van der Waals surface area contributed by atoms with Gasteiger partial charge in [-0.25, -0.2) is 9.18 Å². The number of amides is 2. The van der Waals surface area contributed by atoms with Gasteiger partial charge in [0.1, 0.15) is 0 Å². The van der Waals surface area contributed by atoms with E-state index in [1.807, 2.05) is 17.0 Å². The van der Waals surface area contributed by atoms with Gasteiger partial charge in [0.15, 0.2) is 11.5 Å². The number of carbonyl (C=O) groups is 1. The second-order valence-corrected chi connectivity index (χ2v) is 11.9. The maximum absolute atomic E-state index is 14.4. The third-order valence-electron chi connectivity index (χ3n) is 8.86. The molecule has 2 N–H and O–H groups in total. The Hall–Kier alpha value is -2.99. The largest absolute Gasteiger partial charge is 0.393 e. The van der Waals surface area contributed by atoms with E-state index in [-0.39, 0.29) is 34.9 Å². The van der Waals surface area contributed by atoms with E-state index in [1.165, 1.54) is 13.8 Å². The summed E-state index contributed by atoms with van der Waals surface area (Å²) in [5.74, 6) is 0.632. The highest BCUT2D eigenvalue weighted by atomic mass is 19.1. The van der Waals surface area contributed by atoms with Gasteiger partial charge >= 0.3 is 6.03 Å². The molecular formula is C28H36FN5O3. The molecule has 2 aromatic rings. The van der Waals surface area contributed by atoms with Crippen LogP contribution in [0.2, 0.25) is 0 Å². The number of rotatable bonds is 6. The summed E-state index contributed by atoms with van der Waals surface area (Å²) in [4.78, 5) is 19.9. The Morgan fingerprint density at radius 3 is 2.49 bits per heavy atom. The van der Waals surface area contributed by atoms with E-state index in [4.69, 9.17) is 4.52 Å². The number of nitrogens with one attached hydrogen (secondary N) is 1. The van der Waals surface area contributed by atoms with Crippen molar-refractivity contribution in [3.05, 3.63) is 41.5 Å². The molecule has 37 heavy (non-hydrogen) atoms. The average molecular weight is 510 g/mol. The van der Waals surface area contributed by atoms with E-state index in [1.54, 1.807) is 12.1 Å². The molecule has 0 radical (unpaired) electrons. The van der Waals surface area contributed by atoms with Crippen molar-refractivity contribution in [1.29, 1.82) is 5.26 Å². The number of hydrogen-bond donors (Lipinski definition) is 2. The molecule has 0 atom stereocenters. The topological polar surface area (TPSA) is 115 Å². The third-order valence-corrected chi connectivity index (χ3v) is 8.86. The van der Waals surface area contributed by atoms with Crippen LogP contribution in [0.3, 0.4) is 0 Å². The van der Waals surface area contributed by atoms with Crippen LogP contribution in [0.1, 0.15) is 95.3 Å². The quantitative estimate of drug-likeness (QED) is 0.549. The predicted molar refractivity (Wildman–Crippen MR) is 136 cm³/mol. The van der Waals surface area contributed by atoms with Crippen LogP contribution in [0.4, 0.5) is 14.9 Å². The van der Waals surface area contributed by atoms with Crippen molar-refractivity contribution in [2.75, 3.05) is 11.4 Å². The molecule has 4 aliphatic rings. The monoisotopic (exact) mass is 509 g/mol. The highest BCUT2D eigenvalue weighted by molar-refractivity contribution is 5.92. The normalized spacial score (nSPS) is 29.5. The Labute approximate surface area is 217 Å². The molecule has 6 rings (SSSR count). The van der Waals surface area contributed by atoms with Gasteiger partial charge in [-0.2, -0.15) is 10.2 Å². The summed E-state index contributed by atoms with van der Waals surface area (Å²) < 4.78 is 19.6. The SMILES string of the molecule is CC(C)(F)c1nc(C23CCC(CN(C(=O)NC4CCC(O)CC4)c4cccc(C#N)c4)(CC2)CC3)no1. The first-order chi connectivity index (χ1) is 17.6. The second kappa shape index (κ2) is 9.71. The maximum atomic E-state index is 14.4. The summed E-state index contributed by atoms with van der Waals surface area (Å²) >= 11 is 0. The van der Waals surface area contributed by atoms with Gasteiger partial charge in [0.2, 0.25) is 0 Å². The number of aliphatic hydroxyl groups is 1. The van der Waals surface area contributed by atoms with Gasteiger partial charge in [-0.1, -0.05) is 11.2 Å². The molecule has 4 fully saturated rings. The van der Waals surface area contributed by atoms with Gasteiger partial charge in [-0.3, -0.25) is 4.90 Å². The molecular weight excluding hydrogens is 473 g/mol. The number of carbonyl (C=O) groups excluding carboxylic acids is 1. The predicted octanol–water partition coefficient (Wildman–Crippen LogP) is 5.26. The maximum Gasteiger partial charge on any atom is 0.322 e. The molecule has 0 aliphatic heterocycles. The fourth-order valence-corrected chi connectivity index (χ4v) is 6.35. The molecule has 0 saturated heterocycles. The van der Waals surface area contributed by atoms with Crippen LogP contribution in [0.5, 0.6) is 0 Å². The van der Waals surface area contributed by atoms with Crippen molar-refractivity contribution in [3.63, 3.8) is 0 Å². The molecule has 4 aliphatic carbocycles. The van der Waals surface area contributed by atoms with Crippen molar-refractivity contribution in [2.45, 2.75) is 101 Å². The highest BCUT2D eigenvalue weighted by Crippen LogP contribution is 2.57. The van der Waals surface area contributed by atoms with Crippen molar-refractivity contribution in [3.8, 4) is 6.07 Å². The second-order valence-electron chi connectivity index (χ2n) is 11.9. The van der Waals surface area contributed by atoms with E-state index >= 15 is 0 Å². The van der Waals surface area contributed by atoms with Crippen molar-refractivity contribution >= 4 is 11.7 Å². The smallest absolute Gasteiger partial charge is 0.322 e. The Bertz CT molecular complexity index is 1150. The zero-order valence-electron chi connectivity index (χ0n) is 21.7. The molecule has 9 heteroatoms. The summed E-state index contributed by atoms with van der Waals surface area (Å²) in [5.41, 5.74) is -0.681. The lowest BCUT2D eigenvalue weighted by atomic mass is 9.53. The Morgan fingerprint density at radius 1 is 1.22 bits per heavy atom. The third kappa shape index (κ3) is 5.22. The lowest BCUT2D eigenvalue weighted by molar-refractivity contribution is 0.0405. The van der Waals surface area contributed by atoms with Crippen molar-refractivity contribution in [1.82, 2.24) is 15.5 Å². The van der Waals surface area contributed by atoms with Crippen molar-refractivity contribution < 1.29 is 18.8 Å². The van der Waals surface area contributed by atoms with Gasteiger partial charge in [-0.15, -0.1) is 0 Å². The number of benzene rings is 1. The molecule has 8 nitrogen and oxygen atoms in total. The van der Waals surface area contributed by atoms with Crippen molar-refractivity contribution in [2.24, 2.45) is 5.41 Å². The minimum absolute atomic E-state index is 0.0229. The van der Waals surface area contributed by atoms with E-state index < -0.39 is 5.67 Å². The molecule has 4 saturated carbocycles. The fraction of sp³-hybridized carbons (Fsp3) is 0.643. The summed E-state index contributed by atoms with van der Waals surface area (Å²) in [6.45, 7) is 3.41. The molecule has 0 unspecified atom stereocenters. The van der Waals surface area contributed by atoms with Gasteiger partial charge in [-0.05, 0) is 102 Å². The van der Waals surface area contributed by atoms with Gasteiger partial charge in [0.25, 0.3) is 5.89 Å². The van der Waals surface area contributed by atoms with Crippen LogP contribution >= 0.6 is 0 Å². The lowest BCUT2D eigenvalue weighted by Gasteiger charge is -2.53. The first kappa shape index (κ1) is 25.7. The molecule has 2 bridgehead atoms. The van der Waals surface area contributed by atoms with Gasteiger partial charge in [0, 0.05) is 23.7 Å². The molecule has 0 spiro atoms. The average Bonchev–Trinajstić information content (AvgIpc) is 3.42. The van der Waals surface area contributed by atoms with Gasteiger partial charge < -0.3 is 14.9 Å². The van der Waals surface area contributed by atoms with E-state index in [0.717, 1.165) is 57.1 Å². The Morgan fingerprint density at radius 2 is 1.89 bits per heavy atom. The van der Waals surface area contributed by atoms with Crippen LogP contribution < -0.4 is 10.2 Å². The summed E-state index contributed by atoms with van der Waals surface area (Å²) in [7, 11) is 0. The molecule has 1 aromatic carbocycles.